The highest BCUT2D eigenvalue weighted by molar-refractivity contribution is 5.96. The van der Waals surface area contributed by atoms with Crippen molar-refractivity contribution in [3.63, 3.8) is 0 Å². The summed E-state index contributed by atoms with van der Waals surface area (Å²) >= 11 is 0. The summed E-state index contributed by atoms with van der Waals surface area (Å²) in [5.74, 6) is 3.54. The number of amides is 1. The molecule has 0 aromatic heterocycles. The molecule has 1 N–H and O–H groups in total. The number of rotatable bonds is 5. The molecular formula is C21H28N2O3. The van der Waals surface area contributed by atoms with Gasteiger partial charge in [-0.05, 0) is 81.4 Å². The van der Waals surface area contributed by atoms with Crippen LogP contribution in [0.15, 0.2) is 23.3 Å². The lowest BCUT2D eigenvalue weighted by molar-refractivity contribution is -0.0128. The maximum absolute atomic E-state index is 12.5. The quantitative estimate of drug-likeness (QED) is 0.640. The Bertz CT molecular complexity index is 705. The second-order valence-corrected chi connectivity index (χ2v) is 8.41. The van der Waals surface area contributed by atoms with Crippen molar-refractivity contribution in [2.75, 3.05) is 14.2 Å². The van der Waals surface area contributed by atoms with Crippen molar-refractivity contribution in [3.05, 3.63) is 23.8 Å². The zero-order valence-electron chi connectivity index (χ0n) is 15.9. The predicted molar refractivity (Wildman–Crippen MR) is 101 cm³/mol. The number of hydrazone groups is 1. The SMILES string of the molecule is COc1ccc(C(=O)NN=C(C)C23CC4CC(CC(C4)C2)C3)cc1OC. The van der Waals surface area contributed by atoms with Crippen molar-refractivity contribution < 1.29 is 14.3 Å². The molecular weight excluding hydrogens is 328 g/mol. The molecule has 1 amide bonds. The van der Waals surface area contributed by atoms with E-state index in [-0.39, 0.29) is 11.3 Å². The Kier molecular flexibility index (Phi) is 4.41. The first-order chi connectivity index (χ1) is 12.5. The van der Waals surface area contributed by atoms with E-state index in [2.05, 4.69) is 17.5 Å². The van der Waals surface area contributed by atoms with Gasteiger partial charge in [0.15, 0.2) is 11.5 Å². The summed E-state index contributed by atoms with van der Waals surface area (Å²) in [6, 6.07) is 5.15. The molecule has 5 nitrogen and oxygen atoms in total. The average molecular weight is 356 g/mol. The highest BCUT2D eigenvalue weighted by atomic mass is 16.5. The third-order valence-electron chi connectivity index (χ3n) is 6.78. The highest BCUT2D eigenvalue weighted by Gasteiger charge is 2.52. The van der Waals surface area contributed by atoms with E-state index in [0.717, 1.165) is 23.5 Å². The van der Waals surface area contributed by atoms with Gasteiger partial charge in [-0.3, -0.25) is 4.79 Å². The first-order valence-electron chi connectivity index (χ1n) is 9.60. The first kappa shape index (κ1) is 17.4. The Balaban J connectivity index is 1.48. The van der Waals surface area contributed by atoms with Gasteiger partial charge in [-0.2, -0.15) is 5.10 Å². The van der Waals surface area contributed by atoms with Crippen LogP contribution in [0, 0.1) is 23.2 Å². The molecule has 0 saturated heterocycles. The molecule has 0 unspecified atom stereocenters. The summed E-state index contributed by atoms with van der Waals surface area (Å²) in [5, 5.41) is 4.53. The first-order valence-corrected chi connectivity index (χ1v) is 9.60. The standard InChI is InChI=1S/C21H28N2O3/c1-13(21-10-14-6-15(11-21)8-16(7-14)12-21)22-23-20(24)17-4-5-18(25-2)19(9-17)26-3/h4-5,9,14-16H,6-8,10-12H2,1-3H3,(H,23,24). The van der Waals surface area contributed by atoms with Crippen LogP contribution in [-0.2, 0) is 0 Å². The fraction of sp³-hybridized carbons (Fsp3) is 0.619. The largest absolute Gasteiger partial charge is 0.493 e. The van der Waals surface area contributed by atoms with Crippen molar-refractivity contribution in [2.45, 2.75) is 45.4 Å². The molecule has 4 aliphatic rings. The van der Waals surface area contributed by atoms with Crippen LogP contribution in [0.2, 0.25) is 0 Å². The van der Waals surface area contributed by atoms with Gasteiger partial charge in [-0.25, -0.2) is 5.43 Å². The van der Waals surface area contributed by atoms with Crippen LogP contribution < -0.4 is 14.9 Å². The van der Waals surface area contributed by atoms with Gasteiger partial charge >= 0.3 is 0 Å². The van der Waals surface area contributed by atoms with E-state index in [4.69, 9.17) is 9.47 Å². The maximum atomic E-state index is 12.5. The number of carbonyl (C=O) groups excluding carboxylic acids is 1. The Morgan fingerprint density at radius 3 is 2.15 bits per heavy atom. The van der Waals surface area contributed by atoms with E-state index in [1.54, 1.807) is 32.4 Å². The molecule has 4 bridgehead atoms. The number of benzene rings is 1. The molecule has 4 fully saturated rings. The molecule has 0 heterocycles. The molecule has 26 heavy (non-hydrogen) atoms. The lowest BCUT2D eigenvalue weighted by Gasteiger charge is -2.56. The summed E-state index contributed by atoms with van der Waals surface area (Å²) in [6.07, 6.45) is 7.97. The monoisotopic (exact) mass is 356 g/mol. The van der Waals surface area contributed by atoms with E-state index < -0.39 is 0 Å². The van der Waals surface area contributed by atoms with Crippen molar-refractivity contribution in [1.29, 1.82) is 0 Å². The molecule has 4 saturated carbocycles. The molecule has 140 valence electrons. The van der Waals surface area contributed by atoms with Crippen LogP contribution in [0.4, 0.5) is 0 Å². The molecule has 1 aromatic rings. The fourth-order valence-corrected chi connectivity index (χ4v) is 5.85. The third-order valence-corrected chi connectivity index (χ3v) is 6.78. The van der Waals surface area contributed by atoms with Crippen molar-refractivity contribution in [2.24, 2.45) is 28.3 Å². The third kappa shape index (κ3) is 2.97. The number of nitrogens with zero attached hydrogens (tertiary/aromatic N) is 1. The second kappa shape index (κ2) is 6.60. The van der Waals surface area contributed by atoms with Crippen LogP contribution >= 0.6 is 0 Å². The molecule has 0 atom stereocenters. The normalized spacial score (nSPS) is 32.4. The topological polar surface area (TPSA) is 59.9 Å². The van der Waals surface area contributed by atoms with Crippen LogP contribution in [0.1, 0.15) is 55.8 Å². The van der Waals surface area contributed by atoms with Gasteiger partial charge in [0.05, 0.1) is 14.2 Å². The Labute approximate surface area is 155 Å². The molecule has 5 heteroatoms. The van der Waals surface area contributed by atoms with Crippen LogP contribution in [0.3, 0.4) is 0 Å². The maximum Gasteiger partial charge on any atom is 0.271 e. The summed E-state index contributed by atoms with van der Waals surface area (Å²) < 4.78 is 10.5. The number of carbonyl (C=O) groups is 1. The molecule has 0 spiro atoms. The molecule has 0 aliphatic heterocycles. The van der Waals surface area contributed by atoms with Gasteiger partial charge in [0.25, 0.3) is 5.91 Å². The van der Waals surface area contributed by atoms with Crippen LogP contribution in [-0.4, -0.2) is 25.8 Å². The van der Waals surface area contributed by atoms with E-state index in [1.165, 1.54) is 38.5 Å². The zero-order chi connectivity index (χ0) is 18.3. The minimum Gasteiger partial charge on any atom is -0.493 e. The van der Waals surface area contributed by atoms with Gasteiger partial charge in [-0.15, -0.1) is 0 Å². The van der Waals surface area contributed by atoms with Gasteiger partial charge in [0.2, 0.25) is 0 Å². The fourth-order valence-electron chi connectivity index (χ4n) is 5.85. The molecule has 5 rings (SSSR count). The Hall–Kier alpha value is -2.04. The van der Waals surface area contributed by atoms with E-state index in [1.807, 2.05) is 0 Å². The molecule has 0 radical (unpaired) electrons. The van der Waals surface area contributed by atoms with Gasteiger partial charge in [-0.1, -0.05) is 0 Å². The number of nitrogens with one attached hydrogen (secondary N) is 1. The van der Waals surface area contributed by atoms with Gasteiger partial charge in [0.1, 0.15) is 0 Å². The Morgan fingerprint density at radius 1 is 1.04 bits per heavy atom. The van der Waals surface area contributed by atoms with E-state index in [9.17, 15) is 4.79 Å². The van der Waals surface area contributed by atoms with Crippen LogP contribution in [0.5, 0.6) is 11.5 Å². The molecule has 4 aliphatic carbocycles. The Morgan fingerprint density at radius 2 is 1.62 bits per heavy atom. The molecule has 1 aromatic carbocycles. The summed E-state index contributed by atoms with van der Waals surface area (Å²) in [6.45, 7) is 2.10. The van der Waals surface area contributed by atoms with Crippen molar-refractivity contribution in [3.8, 4) is 11.5 Å². The van der Waals surface area contributed by atoms with E-state index in [0.29, 0.717) is 17.1 Å². The zero-order valence-corrected chi connectivity index (χ0v) is 15.9. The van der Waals surface area contributed by atoms with Crippen molar-refractivity contribution in [1.82, 2.24) is 5.43 Å². The summed E-state index contributed by atoms with van der Waals surface area (Å²) in [7, 11) is 3.14. The lowest BCUT2D eigenvalue weighted by atomic mass is 9.48. The van der Waals surface area contributed by atoms with Crippen molar-refractivity contribution >= 4 is 11.6 Å². The summed E-state index contributed by atoms with van der Waals surface area (Å²) in [4.78, 5) is 12.5. The number of hydrogen-bond donors (Lipinski definition) is 1. The number of hydrogen-bond acceptors (Lipinski definition) is 4. The smallest absolute Gasteiger partial charge is 0.271 e. The lowest BCUT2D eigenvalue weighted by Crippen LogP contribution is -2.49. The summed E-state index contributed by atoms with van der Waals surface area (Å²) in [5.41, 5.74) is 4.61. The van der Waals surface area contributed by atoms with Crippen LogP contribution in [0.25, 0.3) is 0 Å². The average Bonchev–Trinajstić information content (AvgIpc) is 2.64. The minimum atomic E-state index is -0.213. The highest BCUT2D eigenvalue weighted by Crippen LogP contribution is 2.60. The van der Waals surface area contributed by atoms with E-state index >= 15 is 0 Å². The second-order valence-electron chi connectivity index (χ2n) is 8.41. The minimum absolute atomic E-state index is 0.213. The number of methoxy groups -OCH3 is 2. The van der Waals surface area contributed by atoms with Gasteiger partial charge in [0, 0.05) is 16.7 Å². The van der Waals surface area contributed by atoms with Gasteiger partial charge < -0.3 is 9.47 Å². The predicted octanol–water partition coefficient (Wildman–Crippen LogP) is 4.03. The number of ether oxygens (including phenoxy) is 2.